The van der Waals surface area contributed by atoms with Crippen LogP contribution in [0.3, 0.4) is 0 Å². The van der Waals surface area contributed by atoms with E-state index in [0.29, 0.717) is 0 Å². The fraction of sp³-hybridized carbons (Fsp3) is 0.571. The van der Waals surface area contributed by atoms with E-state index in [-0.39, 0.29) is 0 Å². The van der Waals surface area contributed by atoms with E-state index in [1.54, 1.807) is 0 Å². The Morgan fingerprint density at radius 1 is 1.31 bits per heavy atom. The minimum absolute atomic E-state index is 0.812. The number of anilines is 1. The summed E-state index contributed by atoms with van der Waals surface area (Å²) in [5.41, 5.74) is 2.86. The Kier molecular flexibility index (Phi) is 4.28. The second-order valence-electron chi connectivity index (χ2n) is 4.54. The van der Waals surface area contributed by atoms with Crippen molar-refractivity contribution in [1.29, 1.82) is 0 Å². The lowest BCUT2D eigenvalue weighted by atomic mass is 10.1. The third-order valence-electron chi connectivity index (χ3n) is 3.19. The number of hydrogen-bond acceptors (Lipinski definition) is 1. The number of nitrogens with zero attached hydrogens (tertiary/aromatic N) is 1. The lowest BCUT2D eigenvalue weighted by Crippen LogP contribution is -2.27. The van der Waals surface area contributed by atoms with Crippen LogP contribution in [0.5, 0.6) is 0 Å². The van der Waals surface area contributed by atoms with Gasteiger partial charge < -0.3 is 4.90 Å². The molecule has 1 aliphatic rings. The van der Waals surface area contributed by atoms with Crippen LogP contribution in [0.25, 0.3) is 0 Å². The second-order valence-corrected chi connectivity index (χ2v) is 5.10. The van der Waals surface area contributed by atoms with Gasteiger partial charge in [0.05, 0.1) is 0 Å². The van der Waals surface area contributed by atoms with Gasteiger partial charge >= 0.3 is 0 Å². The molecule has 1 aliphatic carbocycles. The van der Waals surface area contributed by atoms with Crippen molar-refractivity contribution in [2.24, 2.45) is 0 Å². The second kappa shape index (κ2) is 5.72. The fourth-order valence-corrected chi connectivity index (χ4v) is 2.59. The molecule has 0 bridgehead atoms. The van der Waals surface area contributed by atoms with Crippen molar-refractivity contribution in [3.63, 3.8) is 0 Å². The number of unbranched alkanes of at least 4 members (excludes halogenated alkanes) is 1. The topological polar surface area (TPSA) is 3.24 Å². The molecule has 0 aromatic heterocycles. The van der Waals surface area contributed by atoms with E-state index >= 15 is 0 Å². The van der Waals surface area contributed by atoms with E-state index < -0.39 is 0 Å². The molecule has 0 unspecified atom stereocenters. The van der Waals surface area contributed by atoms with E-state index in [1.165, 1.54) is 43.5 Å². The third kappa shape index (κ3) is 2.79. The van der Waals surface area contributed by atoms with Gasteiger partial charge in [0.1, 0.15) is 0 Å². The zero-order chi connectivity index (χ0) is 11.4. The van der Waals surface area contributed by atoms with E-state index in [9.17, 15) is 0 Å². The van der Waals surface area contributed by atoms with E-state index in [0.717, 1.165) is 11.4 Å². The standard InChI is InChI=1S/C14H20BrN/c1-2-3-10-16(13-8-9-13)14-7-5-4-6-12(14)11-15/h4-7,13H,2-3,8-11H2,1H3. The molecule has 0 atom stereocenters. The number of para-hydroxylation sites is 1. The SMILES string of the molecule is CCCCN(c1ccccc1CBr)C1CC1. The first-order valence-electron chi connectivity index (χ1n) is 6.27. The lowest BCUT2D eigenvalue weighted by molar-refractivity contribution is 0.711. The Hall–Kier alpha value is -0.500. The number of hydrogen-bond donors (Lipinski definition) is 0. The van der Waals surface area contributed by atoms with Gasteiger partial charge in [0.15, 0.2) is 0 Å². The van der Waals surface area contributed by atoms with Crippen LogP contribution in [0.1, 0.15) is 38.2 Å². The van der Waals surface area contributed by atoms with Crippen LogP contribution in [0, 0.1) is 0 Å². The summed E-state index contributed by atoms with van der Waals surface area (Å²) in [4.78, 5) is 2.61. The Balaban J connectivity index is 2.16. The van der Waals surface area contributed by atoms with Gasteiger partial charge in [0, 0.05) is 23.6 Å². The molecule has 1 nitrogen and oxygen atoms in total. The molecule has 2 rings (SSSR count). The maximum Gasteiger partial charge on any atom is 0.0409 e. The van der Waals surface area contributed by atoms with Crippen LogP contribution < -0.4 is 4.90 Å². The first-order valence-corrected chi connectivity index (χ1v) is 7.39. The highest BCUT2D eigenvalue weighted by Gasteiger charge is 2.29. The van der Waals surface area contributed by atoms with Crippen LogP contribution in [0.2, 0.25) is 0 Å². The highest BCUT2D eigenvalue weighted by molar-refractivity contribution is 9.08. The zero-order valence-corrected chi connectivity index (χ0v) is 11.5. The van der Waals surface area contributed by atoms with Crippen molar-refractivity contribution >= 4 is 21.6 Å². The summed E-state index contributed by atoms with van der Waals surface area (Å²) in [5, 5.41) is 0.957. The minimum Gasteiger partial charge on any atom is -0.368 e. The molecule has 0 N–H and O–H groups in total. The van der Waals surface area contributed by atoms with Gasteiger partial charge in [0.25, 0.3) is 0 Å². The van der Waals surface area contributed by atoms with Crippen molar-refractivity contribution in [3.05, 3.63) is 29.8 Å². The maximum atomic E-state index is 3.59. The van der Waals surface area contributed by atoms with Gasteiger partial charge in [-0.05, 0) is 30.9 Å². The number of alkyl halides is 1. The summed E-state index contributed by atoms with van der Waals surface area (Å²) < 4.78 is 0. The number of benzene rings is 1. The maximum absolute atomic E-state index is 3.59. The predicted octanol–water partition coefficient (Wildman–Crippen LogP) is 4.35. The summed E-state index contributed by atoms with van der Waals surface area (Å²) in [6.45, 7) is 3.48. The molecule has 1 fully saturated rings. The molecule has 16 heavy (non-hydrogen) atoms. The molecule has 1 saturated carbocycles. The van der Waals surface area contributed by atoms with E-state index in [1.807, 2.05) is 0 Å². The summed E-state index contributed by atoms with van der Waals surface area (Å²) in [6.07, 6.45) is 5.33. The summed E-state index contributed by atoms with van der Waals surface area (Å²) >= 11 is 3.59. The van der Waals surface area contributed by atoms with Crippen LogP contribution >= 0.6 is 15.9 Å². The molecule has 88 valence electrons. The van der Waals surface area contributed by atoms with Crippen LogP contribution in [0.4, 0.5) is 5.69 Å². The van der Waals surface area contributed by atoms with Crippen molar-refractivity contribution in [1.82, 2.24) is 0 Å². The van der Waals surface area contributed by atoms with Crippen LogP contribution in [0.15, 0.2) is 24.3 Å². The van der Waals surface area contributed by atoms with Gasteiger partial charge in [-0.15, -0.1) is 0 Å². The Morgan fingerprint density at radius 3 is 2.69 bits per heavy atom. The fourth-order valence-electron chi connectivity index (χ4n) is 2.12. The molecule has 0 amide bonds. The molecule has 0 aliphatic heterocycles. The first kappa shape index (κ1) is 12.0. The van der Waals surface area contributed by atoms with Gasteiger partial charge in [-0.1, -0.05) is 47.5 Å². The normalized spacial score (nSPS) is 15.1. The van der Waals surface area contributed by atoms with Crippen molar-refractivity contribution < 1.29 is 0 Å². The number of rotatable bonds is 6. The molecular weight excluding hydrogens is 262 g/mol. The third-order valence-corrected chi connectivity index (χ3v) is 3.79. The molecular formula is C14H20BrN. The predicted molar refractivity (Wildman–Crippen MR) is 74.3 cm³/mol. The highest BCUT2D eigenvalue weighted by Crippen LogP contribution is 2.34. The average Bonchev–Trinajstić information content (AvgIpc) is 3.14. The van der Waals surface area contributed by atoms with E-state index in [2.05, 4.69) is 52.0 Å². The Bertz CT molecular complexity index is 333. The summed E-state index contributed by atoms with van der Waals surface area (Å²) in [6, 6.07) is 9.59. The zero-order valence-electron chi connectivity index (χ0n) is 9.95. The smallest absolute Gasteiger partial charge is 0.0409 e. The van der Waals surface area contributed by atoms with Crippen molar-refractivity contribution in [2.45, 2.75) is 44.0 Å². The van der Waals surface area contributed by atoms with E-state index in [4.69, 9.17) is 0 Å². The minimum atomic E-state index is 0.812. The molecule has 1 aromatic carbocycles. The van der Waals surface area contributed by atoms with Gasteiger partial charge in [0.2, 0.25) is 0 Å². The van der Waals surface area contributed by atoms with Gasteiger partial charge in [-0.3, -0.25) is 0 Å². The lowest BCUT2D eigenvalue weighted by Gasteiger charge is -2.26. The van der Waals surface area contributed by atoms with Crippen molar-refractivity contribution in [3.8, 4) is 0 Å². The summed E-state index contributed by atoms with van der Waals surface area (Å²) in [7, 11) is 0. The monoisotopic (exact) mass is 281 g/mol. The molecule has 0 heterocycles. The Labute approximate surface area is 107 Å². The summed E-state index contributed by atoms with van der Waals surface area (Å²) in [5.74, 6) is 0. The van der Waals surface area contributed by atoms with Crippen molar-refractivity contribution in [2.75, 3.05) is 11.4 Å². The molecule has 0 saturated heterocycles. The highest BCUT2D eigenvalue weighted by atomic mass is 79.9. The van der Waals surface area contributed by atoms with Gasteiger partial charge in [-0.25, -0.2) is 0 Å². The van der Waals surface area contributed by atoms with Gasteiger partial charge in [-0.2, -0.15) is 0 Å². The quantitative estimate of drug-likeness (QED) is 0.701. The first-order chi connectivity index (χ1) is 7.86. The molecule has 0 radical (unpaired) electrons. The molecule has 1 aromatic rings. The number of halogens is 1. The van der Waals surface area contributed by atoms with Crippen LogP contribution in [-0.2, 0) is 5.33 Å². The largest absolute Gasteiger partial charge is 0.368 e. The average molecular weight is 282 g/mol. The molecule has 2 heteroatoms. The van der Waals surface area contributed by atoms with Crippen LogP contribution in [-0.4, -0.2) is 12.6 Å². The molecule has 0 spiro atoms. The Morgan fingerprint density at radius 2 is 2.06 bits per heavy atom.